The summed E-state index contributed by atoms with van der Waals surface area (Å²) in [6, 6.07) is 10.8. The molecule has 0 aliphatic carbocycles. The Balaban J connectivity index is 1.71. The lowest BCUT2D eigenvalue weighted by molar-refractivity contribution is 0.0925. The molecular weight excluding hydrogens is 300 g/mol. The third-order valence-electron chi connectivity index (χ3n) is 4.47. The molecule has 0 spiro atoms. The molecule has 1 N–H and O–H groups in total. The van der Waals surface area contributed by atoms with Crippen molar-refractivity contribution in [2.24, 2.45) is 0 Å². The fraction of sp³-hybridized carbons (Fsp3) is 0.350. The molecule has 1 aromatic carbocycles. The number of nitrogens with zero attached hydrogens (tertiary/aromatic N) is 1. The van der Waals surface area contributed by atoms with Crippen LogP contribution >= 0.6 is 0 Å². The number of fused-ring (bicyclic) bond motifs is 1. The summed E-state index contributed by atoms with van der Waals surface area (Å²) >= 11 is 0. The van der Waals surface area contributed by atoms with Gasteiger partial charge in [0.25, 0.3) is 5.91 Å². The van der Waals surface area contributed by atoms with E-state index in [4.69, 9.17) is 4.42 Å². The van der Waals surface area contributed by atoms with Crippen LogP contribution in [-0.4, -0.2) is 18.5 Å². The van der Waals surface area contributed by atoms with Gasteiger partial charge in [0.1, 0.15) is 0 Å². The van der Waals surface area contributed by atoms with Gasteiger partial charge in [-0.05, 0) is 44.4 Å². The van der Waals surface area contributed by atoms with Crippen molar-refractivity contribution in [3.05, 3.63) is 65.6 Å². The number of furan rings is 1. The molecule has 3 rings (SSSR count). The van der Waals surface area contributed by atoms with Crippen molar-refractivity contribution in [2.45, 2.75) is 39.3 Å². The molecular formula is C20H24N2O2. The molecule has 0 fully saturated rings. The molecule has 24 heavy (non-hydrogen) atoms. The number of para-hydroxylation sites is 1. The Kier molecular flexibility index (Phi) is 5.04. The normalized spacial score (nSPS) is 16.6. The lowest BCUT2D eigenvalue weighted by atomic mass is 10.1. The average molecular weight is 324 g/mol. The van der Waals surface area contributed by atoms with Crippen LogP contribution in [0.3, 0.4) is 0 Å². The Bertz CT molecular complexity index is 733. The minimum Gasteiger partial charge on any atom is -0.459 e. The average Bonchev–Trinajstić information content (AvgIpc) is 3.17. The second-order valence-corrected chi connectivity index (χ2v) is 6.20. The Morgan fingerprint density at radius 3 is 3.04 bits per heavy atom. The summed E-state index contributed by atoms with van der Waals surface area (Å²) in [5.41, 5.74) is 3.55. The van der Waals surface area contributed by atoms with Crippen molar-refractivity contribution in [3.8, 4) is 0 Å². The number of benzene rings is 1. The monoisotopic (exact) mass is 324 g/mol. The highest BCUT2D eigenvalue weighted by Gasteiger charge is 2.27. The predicted molar refractivity (Wildman–Crippen MR) is 96.3 cm³/mol. The maximum atomic E-state index is 12.3. The van der Waals surface area contributed by atoms with Crippen LogP contribution in [0.25, 0.3) is 0 Å². The Labute approximate surface area is 143 Å². The van der Waals surface area contributed by atoms with Crippen LogP contribution in [0.5, 0.6) is 0 Å². The second-order valence-electron chi connectivity index (χ2n) is 6.20. The summed E-state index contributed by atoms with van der Waals surface area (Å²) in [6.45, 7) is 5.50. The topological polar surface area (TPSA) is 45.5 Å². The van der Waals surface area contributed by atoms with Gasteiger partial charge in [-0.2, -0.15) is 0 Å². The maximum absolute atomic E-state index is 12.3. The van der Waals surface area contributed by atoms with Gasteiger partial charge in [0, 0.05) is 30.4 Å². The van der Waals surface area contributed by atoms with Crippen LogP contribution in [0.15, 0.2) is 53.2 Å². The minimum absolute atomic E-state index is 0.139. The number of anilines is 1. The molecule has 2 heterocycles. The first-order valence-electron chi connectivity index (χ1n) is 8.51. The van der Waals surface area contributed by atoms with Crippen molar-refractivity contribution < 1.29 is 9.21 Å². The van der Waals surface area contributed by atoms with E-state index >= 15 is 0 Å². The summed E-state index contributed by atoms with van der Waals surface area (Å²) in [5, 5.41) is 2.91. The summed E-state index contributed by atoms with van der Waals surface area (Å²) in [4.78, 5) is 14.7. The Morgan fingerprint density at radius 1 is 1.38 bits per heavy atom. The number of nitrogens with one attached hydrogen (secondary N) is 1. The summed E-state index contributed by atoms with van der Waals surface area (Å²) in [7, 11) is 0. The van der Waals surface area contributed by atoms with Gasteiger partial charge in [-0.15, -0.1) is 0 Å². The van der Waals surface area contributed by atoms with Gasteiger partial charge in [-0.25, -0.2) is 0 Å². The van der Waals surface area contributed by atoms with Crippen LogP contribution in [-0.2, 0) is 13.0 Å². The molecule has 4 heteroatoms. The zero-order valence-corrected chi connectivity index (χ0v) is 14.3. The van der Waals surface area contributed by atoms with Crippen molar-refractivity contribution >= 4 is 11.6 Å². The number of carbonyl (C=O) groups is 1. The van der Waals surface area contributed by atoms with Crippen molar-refractivity contribution in [3.63, 3.8) is 0 Å². The largest absolute Gasteiger partial charge is 0.459 e. The molecule has 0 saturated carbocycles. The lowest BCUT2D eigenvalue weighted by Crippen LogP contribution is -2.30. The van der Waals surface area contributed by atoms with E-state index in [9.17, 15) is 4.79 Å². The van der Waals surface area contributed by atoms with Gasteiger partial charge >= 0.3 is 0 Å². The van der Waals surface area contributed by atoms with Gasteiger partial charge in [0.05, 0.1) is 6.26 Å². The third-order valence-corrected chi connectivity index (χ3v) is 4.47. The molecule has 1 aromatic heterocycles. The quantitative estimate of drug-likeness (QED) is 0.647. The van der Waals surface area contributed by atoms with Crippen molar-refractivity contribution in [2.75, 3.05) is 11.4 Å². The molecule has 0 saturated heterocycles. The smallest absolute Gasteiger partial charge is 0.287 e. The number of allylic oxidation sites excluding steroid dienone is 1. The minimum atomic E-state index is -0.139. The molecule has 0 radical (unpaired) electrons. The third kappa shape index (κ3) is 3.37. The molecule has 1 aliphatic heterocycles. The van der Waals surface area contributed by atoms with Crippen molar-refractivity contribution in [1.82, 2.24) is 5.32 Å². The highest BCUT2D eigenvalue weighted by molar-refractivity contribution is 5.93. The fourth-order valence-corrected chi connectivity index (χ4v) is 3.23. The molecule has 4 nitrogen and oxygen atoms in total. The summed E-state index contributed by atoms with van der Waals surface area (Å²) < 4.78 is 5.46. The van der Waals surface area contributed by atoms with Gasteiger partial charge in [-0.3, -0.25) is 4.79 Å². The van der Waals surface area contributed by atoms with E-state index in [1.165, 1.54) is 11.3 Å². The molecule has 1 aliphatic rings. The standard InChI is InChI=1S/C20H24N2O2/c1-3-4-7-11-21-20(23)19-17(10-12-24-19)14-22-15(2)13-16-8-5-6-9-18(16)22/h3-6,8-10,12,15H,7,11,13-14H2,1-2H3,(H,21,23)/b4-3+. The summed E-state index contributed by atoms with van der Waals surface area (Å²) in [5.74, 6) is 0.284. The van der Waals surface area contributed by atoms with E-state index in [-0.39, 0.29) is 5.91 Å². The van der Waals surface area contributed by atoms with Gasteiger partial charge in [0.2, 0.25) is 0 Å². The molecule has 126 valence electrons. The number of carbonyl (C=O) groups excluding carboxylic acids is 1. The zero-order chi connectivity index (χ0) is 16.9. The van der Waals surface area contributed by atoms with E-state index in [1.807, 2.05) is 25.1 Å². The van der Waals surface area contributed by atoms with Crippen LogP contribution in [0.4, 0.5) is 5.69 Å². The first-order chi connectivity index (χ1) is 11.7. The number of rotatable bonds is 6. The maximum Gasteiger partial charge on any atom is 0.287 e. The van der Waals surface area contributed by atoms with Crippen LogP contribution in [0, 0.1) is 0 Å². The van der Waals surface area contributed by atoms with Crippen LogP contribution in [0.1, 0.15) is 41.9 Å². The highest BCUT2D eigenvalue weighted by atomic mass is 16.3. The zero-order valence-electron chi connectivity index (χ0n) is 14.3. The van der Waals surface area contributed by atoms with E-state index < -0.39 is 0 Å². The van der Waals surface area contributed by atoms with Gasteiger partial charge in [-0.1, -0.05) is 30.4 Å². The first-order valence-corrected chi connectivity index (χ1v) is 8.51. The molecule has 1 atom stereocenters. The van der Waals surface area contributed by atoms with E-state index in [0.717, 1.165) is 18.4 Å². The summed E-state index contributed by atoms with van der Waals surface area (Å²) in [6.07, 6.45) is 7.49. The van der Waals surface area contributed by atoms with Crippen LogP contribution in [0.2, 0.25) is 0 Å². The Morgan fingerprint density at radius 2 is 2.21 bits per heavy atom. The lowest BCUT2D eigenvalue weighted by Gasteiger charge is -2.24. The predicted octanol–water partition coefficient (Wildman–Crippen LogP) is 3.93. The van der Waals surface area contributed by atoms with Gasteiger partial charge in [0.15, 0.2) is 5.76 Å². The fourth-order valence-electron chi connectivity index (χ4n) is 3.23. The number of hydrogen-bond acceptors (Lipinski definition) is 3. The van der Waals surface area contributed by atoms with Crippen molar-refractivity contribution in [1.29, 1.82) is 0 Å². The van der Waals surface area contributed by atoms with Crippen LogP contribution < -0.4 is 10.2 Å². The number of hydrogen-bond donors (Lipinski definition) is 1. The molecule has 2 aromatic rings. The first kappa shape index (κ1) is 16.4. The molecule has 1 unspecified atom stereocenters. The van der Waals surface area contributed by atoms with E-state index in [2.05, 4.69) is 41.4 Å². The van der Waals surface area contributed by atoms with E-state index in [0.29, 0.717) is 24.9 Å². The molecule has 0 bridgehead atoms. The second kappa shape index (κ2) is 7.39. The molecule has 1 amide bonds. The number of amides is 1. The SMILES string of the molecule is C/C=C/CCNC(=O)c1occc1CN1c2ccccc2CC1C. The van der Waals surface area contributed by atoms with E-state index in [1.54, 1.807) is 6.26 Å². The Hall–Kier alpha value is -2.49. The highest BCUT2D eigenvalue weighted by Crippen LogP contribution is 2.33. The van der Waals surface area contributed by atoms with Gasteiger partial charge < -0.3 is 14.6 Å².